The van der Waals surface area contributed by atoms with Gasteiger partial charge in [0, 0.05) is 26.2 Å². The Labute approximate surface area is 154 Å². The van der Waals surface area contributed by atoms with Crippen molar-refractivity contribution in [2.45, 2.75) is 0 Å². The van der Waals surface area contributed by atoms with Gasteiger partial charge in [0.25, 0.3) is 0 Å². The fourth-order valence-electron chi connectivity index (χ4n) is 2.16. The number of carbonyl (C=O) groups excluding carboxylic acids is 1. The van der Waals surface area contributed by atoms with Gasteiger partial charge in [-0.1, -0.05) is 34.8 Å². The molecule has 0 fully saturated rings. The summed E-state index contributed by atoms with van der Waals surface area (Å²) in [5.41, 5.74) is 1.33. The number of benzene rings is 2. The van der Waals surface area contributed by atoms with E-state index in [1.807, 2.05) is 0 Å². The Kier molecular flexibility index (Phi) is 5.10. The molecule has 1 heterocycles. The maximum Gasteiger partial charge on any atom is 0.185 e. The molecule has 3 aromatic rings. The number of halogens is 3. The highest BCUT2D eigenvalue weighted by Gasteiger charge is 2.07. The quantitative estimate of drug-likeness (QED) is 0.369. The lowest BCUT2D eigenvalue weighted by atomic mass is 10.1. The molecule has 0 aliphatic heterocycles. The van der Waals surface area contributed by atoms with Crippen molar-refractivity contribution < 1.29 is 9.21 Å². The van der Waals surface area contributed by atoms with Crippen LogP contribution in [0.25, 0.3) is 17.4 Å². The zero-order valence-electron chi connectivity index (χ0n) is 12.3. The minimum absolute atomic E-state index is 0.129. The first-order valence-corrected chi connectivity index (χ1v) is 8.19. The number of ketones is 1. The van der Waals surface area contributed by atoms with Crippen LogP contribution < -0.4 is 0 Å². The highest BCUT2D eigenvalue weighted by atomic mass is 35.5. The van der Waals surface area contributed by atoms with E-state index in [9.17, 15) is 4.79 Å². The Morgan fingerprint density at radius 3 is 2.17 bits per heavy atom. The first-order chi connectivity index (χ1) is 11.5. The van der Waals surface area contributed by atoms with Crippen LogP contribution in [0.15, 0.2) is 65.1 Å². The summed E-state index contributed by atoms with van der Waals surface area (Å²) < 4.78 is 5.71. The van der Waals surface area contributed by atoms with Gasteiger partial charge in [-0.15, -0.1) is 0 Å². The number of allylic oxidation sites excluding steroid dienone is 1. The zero-order chi connectivity index (χ0) is 17.1. The van der Waals surface area contributed by atoms with Crippen LogP contribution in [0.5, 0.6) is 0 Å². The number of furan rings is 1. The SMILES string of the molecule is O=C(/C=C/c1ccc(-c2cc(Cl)cc(Cl)c2)o1)c1ccc(Cl)cc1. The molecule has 2 nitrogen and oxygen atoms in total. The van der Waals surface area contributed by atoms with Crippen molar-refractivity contribution in [2.24, 2.45) is 0 Å². The Morgan fingerprint density at radius 1 is 0.833 bits per heavy atom. The summed E-state index contributed by atoms with van der Waals surface area (Å²) in [5.74, 6) is 1.05. The summed E-state index contributed by atoms with van der Waals surface area (Å²) in [6.45, 7) is 0. The summed E-state index contributed by atoms with van der Waals surface area (Å²) in [4.78, 5) is 12.1. The molecular weight excluding hydrogens is 367 g/mol. The average Bonchev–Trinajstić information content (AvgIpc) is 3.01. The third kappa shape index (κ3) is 4.09. The molecule has 0 saturated heterocycles. The third-order valence-corrected chi connectivity index (χ3v) is 3.99. The van der Waals surface area contributed by atoms with Crippen LogP contribution in [0.2, 0.25) is 15.1 Å². The molecule has 0 amide bonds. The molecule has 0 spiro atoms. The highest BCUT2D eigenvalue weighted by Crippen LogP contribution is 2.29. The largest absolute Gasteiger partial charge is 0.457 e. The van der Waals surface area contributed by atoms with Crippen LogP contribution in [0, 0.1) is 0 Å². The molecule has 0 aliphatic rings. The summed E-state index contributed by atoms with van der Waals surface area (Å²) in [7, 11) is 0. The second-order valence-electron chi connectivity index (χ2n) is 5.06. The fourth-order valence-corrected chi connectivity index (χ4v) is 2.81. The van der Waals surface area contributed by atoms with Gasteiger partial charge < -0.3 is 4.42 Å². The van der Waals surface area contributed by atoms with Gasteiger partial charge >= 0.3 is 0 Å². The molecule has 0 bridgehead atoms. The van der Waals surface area contributed by atoms with Crippen molar-refractivity contribution in [3.8, 4) is 11.3 Å². The maximum absolute atomic E-state index is 12.1. The molecule has 0 unspecified atom stereocenters. The van der Waals surface area contributed by atoms with E-state index in [4.69, 9.17) is 39.2 Å². The zero-order valence-corrected chi connectivity index (χ0v) is 14.6. The van der Waals surface area contributed by atoms with E-state index in [0.29, 0.717) is 32.2 Å². The lowest BCUT2D eigenvalue weighted by molar-refractivity contribution is 0.104. The Hall–Kier alpha value is -2.00. The van der Waals surface area contributed by atoms with Crippen LogP contribution >= 0.6 is 34.8 Å². The van der Waals surface area contributed by atoms with Gasteiger partial charge in [-0.25, -0.2) is 0 Å². The van der Waals surface area contributed by atoms with E-state index in [1.54, 1.807) is 60.7 Å². The van der Waals surface area contributed by atoms with Gasteiger partial charge in [0.15, 0.2) is 5.78 Å². The molecule has 2 aromatic carbocycles. The van der Waals surface area contributed by atoms with Gasteiger partial charge in [-0.2, -0.15) is 0 Å². The van der Waals surface area contributed by atoms with Crippen LogP contribution in [0.4, 0.5) is 0 Å². The Morgan fingerprint density at radius 2 is 1.50 bits per heavy atom. The minimum Gasteiger partial charge on any atom is -0.457 e. The fraction of sp³-hybridized carbons (Fsp3) is 0. The molecule has 3 rings (SSSR count). The van der Waals surface area contributed by atoms with Crippen molar-refractivity contribution in [2.75, 3.05) is 0 Å². The van der Waals surface area contributed by atoms with Crippen molar-refractivity contribution in [3.05, 3.63) is 87.1 Å². The topological polar surface area (TPSA) is 30.2 Å². The van der Waals surface area contributed by atoms with Gasteiger partial charge in [-0.3, -0.25) is 4.79 Å². The molecule has 0 saturated carbocycles. The summed E-state index contributed by atoms with van der Waals surface area (Å²) in [6, 6.07) is 15.5. The van der Waals surface area contributed by atoms with Crippen LogP contribution in [0.3, 0.4) is 0 Å². The molecule has 1 aromatic heterocycles. The lowest BCUT2D eigenvalue weighted by Gasteiger charge is -1.99. The van der Waals surface area contributed by atoms with Crippen molar-refractivity contribution in [3.63, 3.8) is 0 Å². The van der Waals surface area contributed by atoms with Crippen LogP contribution in [-0.4, -0.2) is 5.78 Å². The van der Waals surface area contributed by atoms with Gasteiger partial charge in [-0.05, 0) is 66.7 Å². The maximum atomic E-state index is 12.1. The van der Waals surface area contributed by atoms with Gasteiger partial charge in [0.1, 0.15) is 11.5 Å². The Bertz CT molecular complexity index is 888. The molecule has 0 aliphatic carbocycles. The predicted molar refractivity (Wildman–Crippen MR) is 99.0 cm³/mol. The summed E-state index contributed by atoms with van der Waals surface area (Å²) >= 11 is 17.8. The highest BCUT2D eigenvalue weighted by molar-refractivity contribution is 6.35. The molecule has 5 heteroatoms. The smallest absolute Gasteiger partial charge is 0.185 e. The number of hydrogen-bond donors (Lipinski definition) is 0. The second-order valence-corrected chi connectivity index (χ2v) is 6.37. The van der Waals surface area contributed by atoms with E-state index in [-0.39, 0.29) is 5.78 Å². The minimum atomic E-state index is -0.129. The lowest BCUT2D eigenvalue weighted by Crippen LogP contribution is -1.92. The van der Waals surface area contributed by atoms with Crippen molar-refractivity contribution in [1.82, 2.24) is 0 Å². The monoisotopic (exact) mass is 376 g/mol. The molecule has 0 N–H and O–H groups in total. The predicted octanol–water partition coefficient (Wildman–Crippen LogP) is 6.80. The number of rotatable bonds is 4. The van der Waals surface area contributed by atoms with E-state index in [2.05, 4.69) is 0 Å². The van der Waals surface area contributed by atoms with Gasteiger partial charge in [0.2, 0.25) is 0 Å². The van der Waals surface area contributed by atoms with E-state index >= 15 is 0 Å². The molecule has 0 atom stereocenters. The van der Waals surface area contributed by atoms with E-state index in [0.717, 1.165) is 5.56 Å². The number of hydrogen-bond acceptors (Lipinski definition) is 2. The molecule has 120 valence electrons. The first-order valence-electron chi connectivity index (χ1n) is 7.05. The molecule has 0 radical (unpaired) electrons. The second kappa shape index (κ2) is 7.27. The third-order valence-electron chi connectivity index (χ3n) is 3.30. The Balaban J connectivity index is 1.78. The standard InChI is InChI=1S/C19H11Cl3O2/c20-14-3-1-12(2-4-14)18(23)7-5-17-6-8-19(24-17)13-9-15(21)11-16(22)10-13/h1-11H/b7-5+. The van der Waals surface area contributed by atoms with Gasteiger partial charge in [0.05, 0.1) is 0 Å². The first kappa shape index (κ1) is 16.8. The summed E-state index contributed by atoms with van der Waals surface area (Å²) in [6.07, 6.45) is 3.07. The number of carbonyl (C=O) groups is 1. The van der Waals surface area contributed by atoms with E-state index in [1.165, 1.54) is 6.08 Å². The van der Waals surface area contributed by atoms with Crippen LogP contribution in [0.1, 0.15) is 16.1 Å². The van der Waals surface area contributed by atoms with Crippen LogP contribution in [-0.2, 0) is 0 Å². The van der Waals surface area contributed by atoms with E-state index < -0.39 is 0 Å². The molecule has 24 heavy (non-hydrogen) atoms. The van der Waals surface area contributed by atoms with Crippen molar-refractivity contribution in [1.29, 1.82) is 0 Å². The normalized spacial score (nSPS) is 11.1. The summed E-state index contributed by atoms with van der Waals surface area (Å²) in [5, 5.41) is 1.65. The van der Waals surface area contributed by atoms with Crippen molar-refractivity contribution >= 4 is 46.7 Å². The average molecular weight is 378 g/mol. The molecular formula is C19H11Cl3O2.